The van der Waals surface area contributed by atoms with E-state index in [9.17, 15) is 8.42 Å². The van der Waals surface area contributed by atoms with Crippen molar-refractivity contribution in [2.75, 3.05) is 32.8 Å². The molecule has 1 aliphatic heterocycles. The maximum atomic E-state index is 12.6. The van der Waals surface area contributed by atoms with Gasteiger partial charge in [-0.05, 0) is 18.6 Å². The molecule has 3 rings (SSSR count). The predicted octanol–water partition coefficient (Wildman–Crippen LogP) is 2.73. The van der Waals surface area contributed by atoms with Crippen LogP contribution in [0, 0.1) is 0 Å². The predicted molar refractivity (Wildman–Crippen MR) is 104 cm³/mol. The molecule has 0 atom stereocenters. The first-order chi connectivity index (χ1) is 12.6. The van der Waals surface area contributed by atoms with Crippen LogP contribution in [0.5, 0.6) is 5.75 Å². The van der Waals surface area contributed by atoms with Crippen molar-refractivity contribution < 1.29 is 13.2 Å². The van der Waals surface area contributed by atoms with Gasteiger partial charge in [0.15, 0.2) is 0 Å². The number of piperazine rings is 1. The third-order valence-electron chi connectivity index (χ3n) is 4.58. The minimum absolute atomic E-state index is 0.0704. The summed E-state index contributed by atoms with van der Waals surface area (Å²) in [6.07, 6.45) is 0. The number of hydrogen-bond acceptors (Lipinski definition) is 4. The summed E-state index contributed by atoms with van der Waals surface area (Å²) < 4.78 is 32.6. The van der Waals surface area contributed by atoms with Crippen LogP contribution < -0.4 is 4.74 Å². The molecule has 26 heavy (non-hydrogen) atoms. The molecule has 0 bridgehead atoms. The maximum Gasteiger partial charge on any atom is 0.218 e. The first kappa shape index (κ1) is 18.9. The van der Waals surface area contributed by atoms with Gasteiger partial charge in [-0.3, -0.25) is 4.90 Å². The maximum absolute atomic E-state index is 12.6. The van der Waals surface area contributed by atoms with Gasteiger partial charge in [0.1, 0.15) is 5.75 Å². The van der Waals surface area contributed by atoms with Crippen LogP contribution in [0.2, 0.25) is 0 Å². The fraction of sp³-hybridized carbons (Fsp3) is 0.400. The first-order valence-electron chi connectivity index (χ1n) is 9.03. The molecule has 140 valence electrons. The third kappa shape index (κ3) is 4.84. The smallest absolute Gasteiger partial charge is 0.218 e. The number of para-hydroxylation sites is 1. The van der Waals surface area contributed by atoms with Gasteiger partial charge in [-0.15, -0.1) is 0 Å². The van der Waals surface area contributed by atoms with E-state index >= 15 is 0 Å². The number of ether oxygens (including phenoxy) is 1. The number of benzene rings is 2. The van der Waals surface area contributed by atoms with Crippen molar-refractivity contribution in [1.29, 1.82) is 0 Å². The van der Waals surface area contributed by atoms with E-state index in [1.807, 2.05) is 55.5 Å². The highest BCUT2D eigenvalue weighted by molar-refractivity contribution is 7.88. The Labute approximate surface area is 156 Å². The number of hydrogen-bond donors (Lipinski definition) is 0. The van der Waals surface area contributed by atoms with Crippen molar-refractivity contribution in [3.8, 4) is 5.75 Å². The molecule has 0 amide bonds. The van der Waals surface area contributed by atoms with Gasteiger partial charge >= 0.3 is 0 Å². The molecule has 0 aliphatic carbocycles. The van der Waals surface area contributed by atoms with Gasteiger partial charge in [-0.25, -0.2) is 8.42 Å². The summed E-state index contributed by atoms with van der Waals surface area (Å²) in [5.74, 6) is 0.982. The van der Waals surface area contributed by atoms with Gasteiger partial charge < -0.3 is 4.74 Å². The molecule has 6 heteroatoms. The van der Waals surface area contributed by atoms with E-state index in [2.05, 4.69) is 11.0 Å². The van der Waals surface area contributed by atoms with Gasteiger partial charge in [0.05, 0.1) is 12.4 Å². The Morgan fingerprint density at radius 2 is 1.58 bits per heavy atom. The second-order valence-corrected chi connectivity index (χ2v) is 8.43. The molecule has 1 aliphatic rings. The summed E-state index contributed by atoms with van der Waals surface area (Å²) in [6.45, 7) is 5.93. The van der Waals surface area contributed by atoms with E-state index in [1.165, 1.54) is 0 Å². The van der Waals surface area contributed by atoms with Gasteiger partial charge in [0, 0.05) is 38.3 Å². The van der Waals surface area contributed by atoms with Crippen molar-refractivity contribution in [1.82, 2.24) is 9.21 Å². The largest absolute Gasteiger partial charge is 0.494 e. The Morgan fingerprint density at radius 1 is 0.923 bits per heavy atom. The van der Waals surface area contributed by atoms with E-state index in [-0.39, 0.29) is 5.75 Å². The van der Waals surface area contributed by atoms with Crippen molar-refractivity contribution in [3.63, 3.8) is 0 Å². The van der Waals surface area contributed by atoms with Gasteiger partial charge in [0.2, 0.25) is 10.0 Å². The van der Waals surface area contributed by atoms with Gasteiger partial charge in [-0.2, -0.15) is 4.31 Å². The molecule has 1 saturated heterocycles. The van der Waals surface area contributed by atoms with Crippen LogP contribution in [-0.2, 0) is 22.3 Å². The summed E-state index contributed by atoms with van der Waals surface area (Å²) in [6, 6.07) is 17.4. The van der Waals surface area contributed by atoms with Crippen molar-refractivity contribution >= 4 is 10.0 Å². The molecule has 0 saturated carbocycles. The highest BCUT2D eigenvalue weighted by atomic mass is 32.2. The van der Waals surface area contributed by atoms with Crippen LogP contribution in [0.25, 0.3) is 0 Å². The minimum Gasteiger partial charge on any atom is -0.494 e. The quantitative estimate of drug-likeness (QED) is 0.748. The lowest BCUT2D eigenvalue weighted by atomic mass is 10.2. The van der Waals surface area contributed by atoms with E-state index < -0.39 is 10.0 Å². The molecule has 5 nitrogen and oxygen atoms in total. The normalized spacial score (nSPS) is 16.5. The molecular formula is C20H26N2O3S. The molecule has 2 aromatic rings. The molecule has 0 aromatic heterocycles. The summed E-state index contributed by atoms with van der Waals surface area (Å²) in [5, 5.41) is 0. The van der Waals surface area contributed by atoms with Crippen molar-refractivity contribution in [3.05, 3.63) is 65.7 Å². The zero-order chi connectivity index (χ0) is 18.4. The Kier molecular flexibility index (Phi) is 6.29. The van der Waals surface area contributed by atoms with E-state index in [0.29, 0.717) is 19.7 Å². The topological polar surface area (TPSA) is 49.9 Å². The Balaban J connectivity index is 1.57. The zero-order valence-electron chi connectivity index (χ0n) is 15.2. The standard InChI is InChI=1S/C20H26N2O3S/c1-2-25-20-11-7-6-10-19(20)16-21-12-14-22(15-13-21)26(23,24)17-18-8-4-3-5-9-18/h3-11H,2,12-17H2,1H3. The van der Waals surface area contributed by atoms with Gasteiger partial charge in [0.25, 0.3) is 0 Å². The number of nitrogens with zero attached hydrogens (tertiary/aromatic N) is 2. The fourth-order valence-electron chi connectivity index (χ4n) is 3.21. The molecule has 1 heterocycles. The summed E-state index contributed by atoms with van der Waals surface area (Å²) in [7, 11) is -3.27. The zero-order valence-corrected chi connectivity index (χ0v) is 16.0. The van der Waals surface area contributed by atoms with Crippen molar-refractivity contribution in [2.45, 2.75) is 19.2 Å². The van der Waals surface area contributed by atoms with E-state index in [1.54, 1.807) is 4.31 Å². The molecule has 0 unspecified atom stereocenters. The summed E-state index contributed by atoms with van der Waals surface area (Å²) in [5.41, 5.74) is 1.98. The lowest BCUT2D eigenvalue weighted by molar-refractivity contribution is 0.179. The second-order valence-electron chi connectivity index (χ2n) is 6.46. The van der Waals surface area contributed by atoms with E-state index in [4.69, 9.17) is 4.74 Å². The summed E-state index contributed by atoms with van der Waals surface area (Å²) >= 11 is 0. The van der Waals surface area contributed by atoms with Crippen LogP contribution in [0.4, 0.5) is 0 Å². The second kappa shape index (κ2) is 8.66. The van der Waals surface area contributed by atoms with Crippen LogP contribution in [-0.4, -0.2) is 50.4 Å². The third-order valence-corrected chi connectivity index (χ3v) is 6.43. The average molecular weight is 375 g/mol. The Hall–Kier alpha value is -1.89. The molecule has 0 radical (unpaired) electrons. The lowest BCUT2D eigenvalue weighted by Gasteiger charge is -2.34. The summed E-state index contributed by atoms with van der Waals surface area (Å²) in [4.78, 5) is 2.28. The number of sulfonamides is 1. The fourth-order valence-corrected chi connectivity index (χ4v) is 4.73. The number of rotatable bonds is 7. The highest BCUT2D eigenvalue weighted by Gasteiger charge is 2.27. The van der Waals surface area contributed by atoms with E-state index in [0.717, 1.165) is 36.5 Å². The highest BCUT2D eigenvalue weighted by Crippen LogP contribution is 2.21. The molecular weight excluding hydrogens is 348 g/mol. The molecule has 2 aromatic carbocycles. The minimum atomic E-state index is -3.27. The monoisotopic (exact) mass is 374 g/mol. The van der Waals surface area contributed by atoms with Crippen LogP contribution >= 0.6 is 0 Å². The molecule has 1 fully saturated rings. The van der Waals surface area contributed by atoms with Crippen LogP contribution in [0.3, 0.4) is 0 Å². The molecule has 0 N–H and O–H groups in total. The SMILES string of the molecule is CCOc1ccccc1CN1CCN(S(=O)(=O)Cc2ccccc2)CC1. The van der Waals surface area contributed by atoms with Crippen molar-refractivity contribution in [2.24, 2.45) is 0 Å². The Bertz CT molecular complexity index is 801. The molecule has 0 spiro atoms. The van der Waals surface area contributed by atoms with Crippen LogP contribution in [0.1, 0.15) is 18.1 Å². The van der Waals surface area contributed by atoms with Crippen LogP contribution in [0.15, 0.2) is 54.6 Å². The first-order valence-corrected chi connectivity index (χ1v) is 10.6. The van der Waals surface area contributed by atoms with Gasteiger partial charge in [-0.1, -0.05) is 48.5 Å². The average Bonchev–Trinajstić information content (AvgIpc) is 2.64. The lowest BCUT2D eigenvalue weighted by Crippen LogP contribution is -2.48. The Morgan fingerprint density at radius 3 is 2.27 bits per heavy atom.